The van der Waals surface area contributed by atoms with Crippen LogP contribution in [0.2, 0.25) is 0 Å². The number of benzene rings is 1. The van der Waals surface area contributed by atoms with Gasteiger partial charge in [0.25, 0.3) is 5.56 Å². The smallest absolute Gasteiger partial charge is 0.254 e. The largest absolute Gasteiger partial charge is 0.493 e. The van der Waals surface area contributed by atoms with E-state index in [1.807, 2.05) is 26.0 Å². The maximum absolute atomic E-state index is 11.2. The minimum absolute atomic E-state index is 0.243. The number of nitrogens with one attached hydrogen (secondary N) is 1. The molecule has 0 spiro atoms. The van der Waals surface area contributed by atoms with E-state index < -0.39 is 0 Å². The monoisotopic (exact) mass is 230 g/mol. The summed E-state index contributed by atoms with van der Waals surface area (Å²) >= 11 is 0. The van der Waals surface area contributed by atoms with Gasteiger partial charge in [-0.15, -0.1) is 0 Å². The molecule has 88 valence electrons. The summed E-state index contributed by atoms with van der Waals surface area (Å²) in [5.41, 5.74) is 3.15. The Hall–Kier alpha value is -2.10. The lowest BCUT2D eigenvalue weighted by atomic mass is 10.0. The van der Waals surface area contributed by atoms with Crippen LogP contribution < -0.4 is 5.56 Å². The third kappa shape index (κ3) is 2.72. The Bertz CT molecular complexity index is 603. The van der Waals surface area contributed by atoms with Crippen LogP contribution in [-0.2, 0) is 6.42 Å². The van der Waals surface area contributed by atoms with E-state index in [1.54, 1.807) is 0 Å². The van der Waals surface area contributed by atoms with E-state index in [0.29, 0.717) is 12.2 Å². The molecule has 0 aliphatic carbocycles. The molecule has 0 fully saturated rings. The Balaban J connectivity index is 2.31. The predicted molar refractivity (Wildman–Crippen MR) is 65.2 cm³/mol. The quantitative estimate of drug-likeness (QED) is 0.825. The van der Waals surface area contributed by atoms with Crippen molar-refractivity contribution < 1.29 is 5.11 Å². The van der Waals surface area contributed by atoms with Gasteiger partial charge in [-0.05, 0) is 30.5 Å². The highest BCUT2D eigenvalue weighted by Crippen LogP contribution is 2.12. The summed E-state index contributed by atoms with van der Waals surface area (Å²) in [6.45, 7) is 4.09. The van der Waals surface area contributed by atoms with Crippen molar-refractivity contribution in [3.63, 3.8) is 0 Å². The lowest BCUT2D eigenvalue weighted by molar-refractivity contribution is 0.448. The average molecular weight is 230 g/mol. The molecule has 4 nitrogen and oxygen atoms in total. The van der Waals surface area contributed by atoms with Crippen molar-refractivity contribution >= 4 is 0 Å². The molecular formula is C13H14N2O2. The number of aromatic nitrogens is 2. The van der Waals surface area contributed by atoms with Crippen molar-refractivity contribution in [1.29, 1.82) is 0 Å². The molecule has 17 heavy (non-hydrogen) atoms. The predicted octanol–water partition coefficient (Wildman–Crippen LogP) is 1.68. The first-order chi connectivity index (χ1) is 8.04. The minimum atomic E-state index is -0.337. The molecule has 2 N–H and O–H groups in total. The van der Waals surface area contributed by atoms with Gasteiger partial charge in [0.2, 0.25) is 5.88 Å². The zero-order chi connectivity index (χ0) is 12.4. The van der Waals surface area contributed by atoms with Gasteiger partial charge >= 0.3 is 0 Å². The fraction of sp³-hybridized carbons (Fsp3) is 0.231. The highest BCUT2D eigenvalue weighted by atomic mass is 16.3. The Morgan fingerprint density at radius 3 is 2.65 bits per heavy atom. The zero-order valence-electron chi connectivity index (χ0n) is 9.82. The van der Waals surface area contributed by atoms with Crippen molar-refractivity contribution in [3.05, 3.63) is 57.1 Å². The second kappa shape index (κ2) is 4.41. The fourth-order valence-electron chi connectivity index (χ4n) is 1.68. The van der Waals surface area contributed by atoms with Crippen molar-refractivity contribution in [1.82, 2.24) is 9.97 Å². The molecule has 0 unspecified atom stereocenters. The molecule has 1 aromatic heterocycles. The highest BCUT2D eigenvalue weighted by Gasteiger charge is 2.02. The first kappa shape index (κ1) is 11.4. The molecule has 0 saturated heterocycles. The van der Waals surface area contributed by atoms with E-state index in [1.165, 1.54) is 11.1 Å². The number of nitrogens with zero attached hydrogens (tertiary/aromatic N) is 1. The summed E-state index contributed by atoms with van der Waals surface area (Å²) in [5.74, 6) is 0.228. The van der Waals surface area contributed by atoms with E-state index in [4.69, 9.17) is 0 Å². The lowest BCUT2D eigenvalue weighted by Crippen LogP contribution is -2.09. The van der Waals surface area contributed by atoms with Gasteiger partial charge in [-0.3, -0.25) is 4.79 Å². The second-order valence-corrected chi connectivity index (χ2v) is 4.15. The Labute approximate surface area is 99.0 Å². The molecule has 0 atom stereocenters. The molecule has 0 saturated carbocycles. The van der Waals surface area contributed by atoms with E-state index in [9.17, 15) is 9.90 Å². The van der Waals surface area contributed by atoms with Crippen LogP contribution in [0, 0.1) is 13.8 Å². The lowest BCUT2D eigenvalue weighted by Gasteiger charge is -2.05. The van der Waals surface area contributed by atoms with Crippen molar-refractivity contribution in [2.45, 2.75) is 20.3 Å². The van der Waals surface area contributed by atoms with E-state index in [0.717, 1.165) is 11.6 Å². The van der Waals surface area contributed by atoms with Crippen LogP contribution in [0.15, 0.2) is 29.1 Å². The standard InChI is InChI=1S/C13H14N2O2/c1-8-3-4-10(5-9(8)2)6-11-14-12(16)7-13(17)15-11/h3-5,7H,6H2,1-2H3,(H2,14,15,16,17). The summed E-state index contributed by atoms with van der Waals surface area (Å²) < 4.78 is 0. The summed E-state index contributed by atoms with van der Waals surface area (Å²) in [6.07, 6.45) is 0.505. The van der Waals surface area contributed by atoms with Gasteiger partial charge in [0.1, 0.15) is 5.82 Å². The van der Waals surface area contributed by atoms with Crippen molar-refractivity contribution in [2.75, 3.05) is 0 Å². The van der Waals surface area contributed by atoms with Crippen LogP contribution in [0.3, 0.4) is 0 Å². The highest BCUT2D eigenvalue weighted by molar-refractivity contribution is 5.31. The Morgan fingerprint density at radius 1 is 1.24 bits per heavy atom. The average Bonchev–Trinajstić information content (AvgIpc) is 2.22. The summed E-state index contributed by atoms with van der Waals surface area (Å²) in [5, 5.41) is 9.24. The molecule has 2 aromatic rings. The molecule has 1 aromatic carbocycles. The first-order valence-electron chi connectivity index (χ1n) is 5.40. The van der Waals surface area contributed by atoms with Crippen LogP contribution in [-0.4, -0.2) is 15.1 Å². The summed E-state index contributed by atoms with van der Waals surface area (Å²) in [4.78, 5) is 17.7. The molecular weight excluding hydrogens is 216 g/mol. The normalized spacial score (nSPS) is 10.5. The number of hydrogen-bond donors (Lipinski definition) is 2. The van der Waals surface area contributed by atoms with Crippen LogP contribution in [0.25, 0.3) is 0 Å². The topological polar surface area (TPSA) is 66.0 Å². The maximum atomic E-state index is 11.2. The van der Waals surface area contributed by atoms with E-state index in [-0.39, 0.29) is 11.4 Å². The Morgan fingerprint density at radius 2 is 2.00 bits per heavy atom. The van der Waals surface area contributed by atoms with Gasteiger partial charge in [-0.1, -0.05) is 18.2 Å². The Kier molecular flexibility index (Phi) is 2.95. The molecule has 0 radical (unpaired) electrons. The molecule has 0 aliphatic heterocycles. The van der Waals surface area contributed by atoms with Gasteiger partial charge in [-0.2, -0.15) is 4.98 Å². The molecule has 0 aliphatic rings. The fourth-order valence-corrected chi connectivity index (χ4v) is 1.68. The van der Waals surface area contributed by atoms with Gasteiger partial charge in [-0.25, -0.2) is 0 Å². The van der Waals surface area contributed by atoms with Gasteiger partial charge in [0.15, 0.2) is 0 Å². The minimum Gasteiger partial charge on any atom is -0.493 e. The van der Waals surface area contributed by atoms with E-state index in [2.05, 4.69) is 16.0 Å². The molecule has 2 rings (SSSR count). The summed E-state index contributed by atoms with van der Waals surface area (Å²) in [7, 11) is 0. The summed E-state index contributed by atoms with van der Waals surface area (Å²) in [6, 6.07) is 7.14. The number of hydrogen-bond acceptors (Lipinski definition) is 3. The molecule has 0 amide bonds. The van der Waals surface area contributed by atoms with Crippen molar-refractivity contribution in [2.24, 2.45) is 0 Å². The SMILES string of the molecule is Cc1ccc(Cc2nc(O)cc(=O)[nH]2)cc1C. The molecule has 1 heterocycles. The number of H-pyrrole nitrogens is 1. The number of aromatic amines is 1. The molecule has 0 bridgehead atoms. The molecule has 4 heteroatoms. The van der Waals surface area contributed by atoms with Crippen LogP contribution in [0.5, 0.6) is 5.88 Å². The van der Waals surface area contributed by atoms with Gasteiger partial charge < -0.3 is 10.1 Å². The van der Waals surface area contributed by atoms with Crippen molar-refractivity contribution in [3.8, 4) is 5.88 Å². The zero-order valence-corrected chi connectivity index (χ0v) is 9.82. The van der Waals surface area contributed by atoms with Crippen LogP contribution in [0.4, 0.5) is 0 Å². The first-order valence-corrected chi connectivity index (χ1v) is 5.40. The third-order valence-corrected chi connectivity index (χ3v) is 2.72. The van der Waals surface area contributed by atoms with Crippen LogP contribution >= 0.6 is 0 Å². The van der Waals surface area contributed by atoms with Gasteiger partial charge in [0.05, 0.1) is 6.07 Å². The second-order valence-electron chi connectivity index (χ2n) is 4.15. The number of aromatic hydroxyl groups is 1. The third-order valence-electron chi connectivity index (χ3n) is 2.72. The maximum Gasteiger partial charge on any atom is 0.254 e. The number of aryl methyl sites for hydroxylation is 2. The number of rotatable bonds is 2. The van der Waals surface area contributed by atoms with Gasteiger partial charge in [0, 0.05) is 6.42 Å². The van der Waals surface area contributed by atoms with Crippen LogP contribution in [0.1, 0.15) is 22.5 Å². The van der Waals surface area contributed by atoms with E-state index >= 15 is 0 Å².